The number of aromatic nitrogens is 1. The number of rotatable bonds is 1. The monoisotopic (exact) mass is 365 g/mol. The van der Waals surface area contributed by atoms with E-state index in [0.717, 1.165) is 25.8 Å². The first-order valence-corrected chi connectivity index (χ1v) is 9.81. The number of nitrogens with zero attached hydrogens (tertiary/aromatic N) is 2. The Hall–Kier alpha value is -2.63. The molecule has 3 aliphatic rings. The number of nitrogens with one attached hydrogen (secondary N) is 1. The molecule has 2 aromatic rings. The van der Waals surface area contributed by atoms with E-state index in [1.165, 1.54) is 0 Å². The molecule has 1 aromatic carbocycles. The van der Waals surface area contributed by atoms with Gasteiger partial charge in [-0.3, -0.25) is 14.4 Å². The third-order valence-electron chi connectivity index (χ3n) is 6.51. The van der Waals surface area contributed by atoms with Gasteiger partial charge in [0.05, 0.1) is 5.56 Å². The zero-order chi connectivity index (χ0) is 18.5. The van der Waals surface area contributed by atoms with Gasteiger partial charge in [0, 0.05) is 49.1 Å². The summed E-state index contributed by atoms with van der Waals surface area (Å²) in [6, 6.07) is 7.54. The number of benzene rings is 1. The number of likely N-dealkylation sites (tertiary alicyclic amines) is 1. The van der Waals surface area contributed by atoms with Crippen molar-refractivity contribution < 1.29 is 9.59 Å². The molecule has 1 N–H and O–H groups in total. The fourth-order valence-corrected chi connectivity index (χ4v) is 5.33. The summed E-state index contributed by atoms with van der Waals surface area (Å²) in [6.07, 6.45) is 5.33. The van der Waals surface area contributed by atoms with Crippen molar-refractivity contribution >= 4 is 22.6 Å². The number of carbonyl (C=O) groups is 2. The minimum atomic E-state index is -0.172. The van der Waals surface area contributed by atoms with Crippen LogP contribution in [0.5, 0.6) is 0 Å². The predicted molar refractivity (Wildman–Crippen MR) is 101 cm³/mol. The number of fused-ring (bicyclic) bond motifs is 5. The molecule has 27 heavy (non-hydrogen) atoms. The van der Waals surface area contributed by atoms with Gasteiger partial charge >= 0.3 is 0 Å². The van der Waals surface area contributed by atoms with Crippen LogP contribution in [-0.4, -0.2) is 52.3 Å². The number of piperidine rings is 3. The number of pyridine rings is 1. The lowest BCUT2D eigenvalue weighted by atomic mass is 9.76. The van der Waals surface area contributed by atoms with Crippen molar-refractivity contribution in [2.24, 2.45) is 11.8 Å². The largest absolute Gasteiger partial charge is 0.339 e. The predicted octanol–water partition coefficient (Wildman–Crippen LogP) is 2.00. The van der Waals surface area contributed by atoms with Crippen molar-refractivity contribution in [3.8, 4) is 0 Å². The highest BCUT2D eigenvalue weighted by Crippen LogP contribution is 2.38. The zero-order valence-electron chi connectivity index (χ0n) is 15.2. The number of hydrogen-bond acceptors (Lipinski definition) is 3. The third-order valence-corrected chi connectivity index (χ3v) is 6.51. The Kier molecular flexibility index (Phi) is 3.81. The number of aromatic amines is 1. The summed E-state index contributed by atoms with van der Waals surface area (Å²) in [5.74, 6) is 0.972. The maximum Gasteiger partial charge on any atom is 0.255 e. The minimum absolute atomic E-state index is 0.0206. The van der Waals surface area contributed by atoms with Crippen LogP contribution < -0.4 is 5.56 Å². The van der Waals surface area contributed by atoms with E-state index in [2.05, 4.69) is 9.88 Å². The molecule has 3 aliphatic heterocycles. The van der Waals surface area contributed by atoms with Gasteiger partial charge in [0.15, 0.2) is 0 Å². The molecule has 0 aliphatic carbocycles. The van der Waals surface area contributed by atoms with Gasteiger partial charge in [-0.25, -0.2) is 0 Å². The van der Waals surface area contributed by atoms with Crippen LogP contribution in [0.3, 0.4) is 0 Å². The van der Waals surface area contributed by atoms with Crippen LogP contribution >= 0.6 is 0 Å². The highest BCUT2D eigenvalue weighted by Gasteiger charge is 2.44. The van der Waals surface area contributed by atoms with Gasteiger partial charge in [0.1, 0.15) is 0 Å². The number of H-pyrrole nitrogens is 1. The molecule has 0 unspecified atom stereocenters. The summed E-state index contributed by atoms with van der Waals surface area (Å²) >= 11 is 0. The lowest BCUT2D eigenvalue weighted by Gasteiger charge is -2.52. The molecule has 4 heterocycles. The first-order valence-electron chi connectivity index (χ1n) is 9.81. The van der Waals surface area contributed by atoms with E-state index in [9.17, 15) is 14.4 Å². The Morgan fingerprint density at radius 1 is 1.07 bits per heavy atom. The van der Waals surface area contributed by atoms with Gasteiger partial charge in [-0.05, 0) is 37.2 Å². The average Bonchev–Trinajstić information content (AvgIpc) is 2.69. The van der Waals surface area contributed by atoms with Crippen LogP contribution in [0.15, 0.2) is 35.3 Å². The van der Waals surface area contributed by atoms with Crippen LogP contribution in [0.1, 0.15) is 36.0 Å². The second kappa shape index (κ2) is 6.22. The van der Waals surface area contributed by atoms with E-state index in [-0.39, 0.29) is 23.4 Å². The summed E-state index contributed by atoms with van der Waals surface area (Å²) in [5, 5.41) is 1.25. The Morgan fingerprint density at radius 3 is 2.74 bits per heavy atom. The Bertz CT molecular complexity index is 982. The molecule has 6 heteroatoms. The molecule has 0 radical (unpaired) electrons. The van der Waals surface area contributed by atoms with Gasteiger partial charge in [0.2, 0.25) is 5.91 Å². The lowest BCUT2D eigenvalue weighted by molar-refractivity contribution is -0.144. The molecule has 6 nitrogen and oxygen atoms in total. The third kappa shape index (κ3) is 2.66. The average molecular weight is 365 g/mol. The quantitative estimate of drug-likeness (QED) is 0.840. The Balaban J connectivity index is 1.45. The smallest absolute Gasteiger partial charge is 0.255 e. The summed E-state index contributed by atoms with van der Waals surface area (Å²) in [7, 11) is 0. The molecule has 3 fully saturated rings. The Morgan fingerprint density at radius 2 is 1.89 bits per heavy atom. The van der Waals surface area contributed by atoms with Crippen LogP contribution in [0.2, 0.25) is 0 Å². The molecular weight excluding hydrogens is 342 g/mol. The molecule has 140 valence electrons. The van der Waals surface area contributed by atoms with Crippen molar-refractivity contribution in [3.63, 3.8) is 0 Å². The maximum atomic E-state index is 13.3. The van der Waals surface area contributed by atoms with E-state index in [4.69, 9.17) is 0 Å². The van der Waals surface area contributed by atoms with Crippen molar-refractivity contribution in [1.82, 2.24) is 14.8 Å². The fraction of sp³-hybridized carbons (Fsp3) is 0.476. The van der Waals surface area contributed by atoms with E-state index < -0.39 is 0 Å². The lowest BCUT2D eigenvalue weighted by Crippen LogP contribution is -2.61. The second-order valence-electron chi connectivity index (χ2n) is 8.15. The molecule has 1 aromatic heterocycles. The minimum Gasteiger partial charge on any atom is -0.339 e. The van der Waals surface area contributed by atoms with E-state index in [0.29, 0.717) is 47.7 Å². The first kappa shape index (κ1) is 16.5. The maximum absolute atomic E-state index is 13.3. The topological polar surface area (TPSA) is 73.5 Å². The summed E-state index contributed by atoms with van der Waals surface area (Å²) < 4.78 is 0. The molecule has 0 spiro atoms. The van der Waals surface area contributed by atoms with Crippen molar-refractivity contribution in [3.05, 3.63) is 46.4 Å². The van der Waals surface area contributed by atoms with Crippen molar-refractivity contribution in [1.29, 1.82) is 0 Å². The molecular formula is C21H23N3O3. The molecule has 2 amide bonds. The normalized spacial score (nSPS) is 27.6. The zero-order valence-corrected chi connectivity index (χ0v) is 15.2. The van der Waals surface area contributed by atoms with Gasteiger partial charge < -0.3 is 14.8 Å². The number of hydrogen-bond donors (Lipinski definition) is 1. The standard InChI is InChI=1S/C21H23N3O3/c25-19-7-3-6-18-14-8-13(11-24(18)19)10-23(12-14)21(27)17-9-22-20(26)16-5-2-1-4-15(16)17/h1-2,4-5,9,13-14,18H,3,6-8,10-12H2,(H,22,26)/t13-,14+,18+/m1/s1. The van der Waals surface area contributed by atoms with Gasteiger partial charge in [-0.2, -0.15) is 0 Å². The molecule has 3 atom stereocenters. The van der Waals surface area contributed by atoms with Crippen LogP contribution in [0, 0.1) is 11.8 Å². The van der Waals surface area contributed by atoms with E-state index in [1.54, 1.807) is 12.3 Å². The van der Waals surface area contributed by atoms with E-state index >= 15 is 0 Å². The Labute approximate surface area is 157 Å². The summed E-state index contributed by atoms with van der Waals surface area (Å²) in [4.78, 5) is 44.4. The van der Waals surface area contributed by atoms with Gasteiger partial charge in [-0.15, -0.1) is 0 Å². The fourth-order valence-electron chi connectivity index (χ4n) is 5.33. The highest BCUT2D eigenvalue weighted by atomic mass is 16.2. The van der Waals surface area contributed by atoms with Crippen LogP contribution in [0.4, 0.5) is 0 Å². The highest BCUT2D eigenvalue weighted by molar-refractivity contribution is 6.06. The van der Waals surface area contributed by atoms with Crippen LogP contribution in [-0.2, 0) is 4.79 Å². The molecule has 5 rings (SSSR count). The first-order chi connectivity index (χ1) is 13.1. The van der Waals surface area contributed by atoms with E-state index in [1.807, 2.05) is 23.1 Å². The van der Waals surface area contributed by atoms with Crippen molar-refractivity contribution in [2.45, 2.75) is 31.7 Å². The number of carbonyl (C=O) groups excluding carboxylic acids is 2. The SMILES string of the molecule is O=C(c1c[nH]c(=O)c2ccccc12)N1C[C@H]2C[C@@H](C1)[C@@H]1CCCC(=O)N1C2. The summed E-state index contributed by atoms with van der Waals surface area (Å²) in [6.45, 7) is 2.15. The van der Waals surface area contributed by atoms with Crippen LogP contribution in [0.25, 0.3) is 10.8 Å². The number of amides is 2. The van der Waals surface area contributed by atoms with Crippen molar-refractivity contribution in [2.75, 3.05) is 19.6 Å². The van der Waals surface area contributed by atoms with Gasteiger partial charge in [0.25, 0.3) is 11.5 Å². The molecule has 0 saturated carbocycles. The molecule has 2 bridgehead atoms. The summed E-state index contributed by atoms with van der Waals surface area (Å²) in [5.41, 5.74) is 0.385. The molecule has 3 saturated heterocycles. The van der Waals surface area contributed by atoms with Gasteiger partial charge in [-0.1, -0.05) is 18.2 Å². The second-order valence-corrected chi connectivity index (χ2v) is 8.15.